The van der Waals surface area contributed by atoms with Crippen LogP contribution in [0.3, 0.4) is 0 Å². The molecule has 1 saturated heterocycles. The second kappa shape index (κ2) is 8.00. The Balaban J connectivity index is 1.55. The van der Waals surface area contributed by atoms with E-state index in [0.717, 1.165) is 21.8 Å². The zero-order valence-electron chi connectivity index (χ0n) is 17.7. The maximum absolute atomic E-state index is 12.1. The van der Waals surface area contributed by atoms with Crippen molar-refractivity contribution in [3.05, 3.63) is 70.7 Å². The summed E-state index contributed by atoms with van der Waals surface area (Å²) in [6, 6.07) is 13.9. The summed E-state index contributed by atoms with van der Waals surface area (Å²) < 4.78 is 10.2. The number of ether oxygens (including phenoxy) is 2. The van der Waals surface area contributed by atoms with E-state index in [0.29, 0.717) is 5.69 Å². The van der Waals surface area contributed by atoms with E-state index in [-0.39, 0.29) is 5.57 Å². The first-order valence-electron chi connectivity index (χ1n) is 9.79. The average Bonchev–Trinajstić information content (AvgIpc) is 3.16. The number of rotatable bonds is 4. The number of anilines is 1. The Kier molecular flexibility index (Phi) is 5.37. The second-order valence-corrected chi connectivity index (χ2v) is 8.68. The molecule has 31 heavy (non-hydrogen) atoms. The van der Waals surface area contributed by atoms with Gasteiger partial charge in [-0.05, 0) is 31.5 Å². The van der Waals surface area contributed by atoms with Gasteiger partial charge in [-0.15, -0.1) is 11.3 Å². The number of thiazole rings is 1. The van der Waals surface area contributed by atoms with E-state index in [1.54, 1.807) is 11.3 Å². The Bertz CT molecular complexity index is 1190. The van der Waals surface area contributed by atoms with Crippen LogP contribution in [-0.2, 0) is 19.1 Å². The molecule has 1 aromatic heterocycles. The average molecular weight is 435 g/mol. The van der Waals surface area contributed by atoms with E-state index >= 15 is 0 Å². The van der Waals surface area contributed by atoms with Crippen molar-refractivity contribution in [2.75, 3.05) is 5.32 Å². The Labute approximate surface area is 184 Å². The Morgan fingerprint density at radius 3 is 2.48 bits per heavy atom. The molecule has 0 spiro atoms. The van der Waals surface area contributed by atoms with E-state index < -0.39 is 17.7 Å². The molecule has 1 fully saturated rings. The van der Waals surface area contributed by atoms with Crippen molar-refractivity contribution in [1.82, 2.24) is 4.98 Å². The minimum atomic E-state index is -1.26. The first kappa shape index (κ1) is 20.8. The summed E-state index contributed by atoms with van der Waals surface area (Å²) in [6.45, 7) is 7.18. The van der Waals surface area contributed by atoms with E-state index in [4.69, 9.17) is 14.5 Å². The van der Waals surface area contributed by atoms with Gasteiger partial charge in [-0.2, -0.15) is 0 Å². The molecule has 0 amide bonds. The highest BCUT2D eigenvalue weighted by molar-refractivity contribution is 7.13. The first-order chi connectivity index (χ1) is 14.7. The highest BCUT2D eigenvalue weighted by Gasteiger charge is 2.38. The summed E-state index contributed by atoms with van der Waals surface area (Å²) in [6.07, 6.45) is 1.31. The molecular formula is C24H22N2O4S. The molecule has 3 aromatic rings. The fraction of sp³-hybridized carbons (Fsp3) is 0.208. The van der Waals surface area contributed by atoms with Crippen LogP contribution in [0.5, 0.6) is 0 Å². The van der Waals surface area contributed by atoms with Gasteiger partial charge in [0.15, 0.2) is 5.57 Å². The summed E-state index contributed by atoms with van der Waals surface area (Å²) in [5.41, 5.74) is 5.92. The first-order valence-corrected chi connectivity index (χ1v) is 10.7. The van der Waals surface area contributed by atoms with Crippen molar-refractivity contribution in [3.8, 4) is 21.8 Å². The third-order valence-corrected chi connectivity index (χ3v) is 5.66. The largest absolute Gasteiger partial charge is 0.419 e. The molecule has 2 heterocycles. The van der Waals surface area contributed by atoms with Gasteiger partial charge in [-0.1, -0.05) is 35.9 Å². The van der Waals surface area contributed by atoms with Gasteiger partial charge in [0.25, 0.3) is 5.79 Å². The van der Waals surface area contributed by atoms with Gasteiger partial charge in [0.1, 0.15) is 5.01 Å². The molecule has 0 radical (unpaired) electrons. The molecule has 1 aliphatic rings. The van der Waals surface area contributed by atoms with E-state index in [1.165, 1.54) is 31.2 Å². The van der Waals surface area contributed by atoms with Gasteiger partial charge in [0.2, 0.25) is 0 Å². The van der Waals surface area contributed by atoms with Crippen LogP contribution in [0.25, 0.3) is 21.8 Å². The van der Waals surface area contributed by atoms with Crippen molar-refractivity contribution in [3.63, 3.8) is 0 Å². The molecule has 4 rings (SSSR count). The molecule has 0 unspecified atom stereocenters. The number of aryl methyl sites for hydroxylation is 2. The maximum Gasteiger partial charge on any atom is 0.350 e. The number of cyclic esters (lactones) is 2. The number of hydrogen-bond acceptors (Lipinski definition) is 7. The second-order valence-electron chi connectivity index (χ2n) is 7.82. The third-order valence-electron chi connectivity index (χ3n) is 4.77. The van der Waals surface area contributed by atoms with Crippen LogP contribution in [0.15, 0.2) is 59.6 Å². The number of nitrogens with one attached hydrogen (secondary N) is 1. The number of aromatic nitrogens is 1. The highest BCUT2D eigenvalue weighted by Crippen LogP contribution is 2.32. The lowest BCUT2D eigenvalue weighted by molar-refractivity contribution is -0.222. The molecule has 1 aliphatic heterocycles. The Hall–Kier alpha value is -3.45. The van der Waals surface area contributed by atoms with E-state index in [9.17, 15) is 9.59 Å². The SMILES string of the molecule is Cc1ccc(-c2csc(-c3cccc(NC=C4C(=O)OC(C)(C)OC4=O)c3)n2)c(C)c1. The third kappa shape index (κ3) is 4.51. The lowest BCUT2D eigenvalue weighted by Crippen LogP contribution is -2.42. The van der Waals surface area contributed by atoms with Crippen LogP contribution in [0.4, 0.5) is 5.69 Å². The highest BCUT2D eigenvalue weighted by atomic mass is 32.1. The molecule has 7 heteroatoms. The van der Waals surface area contributed by atoms with Crippen molar-refractivity contribution in [2.45, 2.75) is 33.5 Å². The van der Waals surface area contributed by atoms with E-state index in [1.807, 2.05) is 29.6 Å². The maximum atomic E-state index is 12.1. The summed E-state index contributed by atoms with van der Waals surface area (Å²) >= 11 is 1.56. The predicted octanol–water partition coefficient (Wildman–Crippen LogP) is 5.23. The Morgan fingerprint density at radius 2 is 1.77 bits per heavy atom. The molecule has 2 aromatic carbocycles. The molecule has 0 aliphatic carbocycles. The van der Waals surface area contributed by atoms with Crippen LogP contribution in [-0.4, -0.2) is 22.7 Å². The van der Waals surface area contributed by atoms with Gasteiger partial charge in [-0.3, -0.25) is 0 Å². The molecule has 1 N–H and O–H groups in total. The van der Waals surface area contributed by atoms with Crippen LogP contribution in [0.2, 0.25) is 0 Å². The standard InChI is InChI=1S/C24H22N2O4S/c1-14-8-9-18(15(2)10-14)20-13-31-21(26-20)16-6-5-7-17(11-16)25-12-19-22(27)29-24(3,4)30-23(19)28/h5-13,25H,1-4H3. The van der Waals surface area contributed by atoms with Gasteiger partial charge in [-0.25, -0.2) is 14.6 Å². The molecular weight excluding hydrogens is 412 g/mol. The van der Waals surface area contributed by atoms with Crippen molar-refractivity contribution in [2.24, 2.45) is 0 Å². The summed E-state index contributed by atoms with van der Waals surface area (Å²) in [7, 11) is 0. The van der Waals surface area contributed by atoms with Gasteiger partial charge >= 0.3 is 11.9 Å². The minimum Gasteiger partial charge on any atom is -0.419 e. The van der Waals surface area contributed by atoms with Crippen LogP contribution >= 0.6 is 11.3 Å². The molecule has 6 nitrogen and oxygen atoms in total. The lowest BCUT2D eigenvalue weighted by atomic mass is 10.0. The van der Waals surface area contributed by atoms with Gasteiger partial charge in [0.05, 0.1) is 5.69 Å². The van der Waals surface area contributed by atoms with E-state index in [2.05, 4.69) is 37.4 Å². The van der Waals surface area contributed by atoms with Crippen LogP contribution in [0, 0.1) is 13.8 Å². The number of nitrogens with zero attached hydrogens (tertiary/aromatic N) is 1. The Morgan fingerprint density at radius 1 is 1.03 bits per heavy atom. The summed E-state index contributed by atoms with van der Waals surface area (Å²) in [5, 5.41) is 5.91. The van der Waals surface area contributed by atoms with Gasteiger partial charge in [0, 0.05) is 42.2 Å². The molecule has 0 atom stereocenters. The smallest absolute Gasteiger partial charge is 0.350 e. The minimum absolute atomic E-state index is 0.184. The number of hydrogen-bond donors (Lipinski definition) is 1. The molecule has 158 valence electrons. The van der Waals surface area contributed by atoms with Crippen molar-refractivity contribution >= 4 is 29.0 Å². The monoisotopic (exact) mass is 434 g/mol. The van der Waals surface area contributed by atoms with Crippen molar-refractivity contribution < 1.29 is 19.1 Å². The number of esters is 2. The predicted molar refractivity (Wildman–Crippen MR) is 120 cm³/mol. The molecule has 0 bridgehead atoms. The quantitative estimate of drug-likeness (QED) is 0.344. The molecule has 0 saturated carbocycles. The fourth-order valence-electron chi connectivity index (χ4n) is 3.31. The topological polar surface area (TPSA) is 77.5 Å². The fourth-order valence-corrected chi connectivity index (χ4v) is 4.12. The number of carbonyl (C=O) groups excluding carboxylic acids is 2. The summed E-state index contributed by atoms with van der Waals surface area (Å²) in [4.78, 5) is 29.0. The van der Waals surface area contributed by atoms with Gasteiger partial charge < -0.3 is 14.8 Å². The number of carbonyl (C=O) groups is 2. The van der Waals surface area contributed by atoms with Crippen LogP contribution in [0.1, 0.15) is 25.0 Å². The number of benzene rings is 2. The zero-order chi connectivity index (χ0) is 22.2. The normalized spacial score (nSPS) is 15.3. The van der Waals surface area contributed by atoms with Crippen LogP contribution < -0.4 is 5.32 Å². The van der Waals surface area contributed by atoms with Crippen molar-refractivity contribution in [1.29, 1.82) is 0 Å². The lowest BCUT2D eigenvalue weighted by Gasteiger charge is -2.29. The zero-order valence-corrected chi connectivity index (χ0v) is 18.5. The summed E-state index contributed by atoms with van der Waals surface area (Å²) in [5.74, 6) is -2.70.